The summed E-state index contributed by atoms with van der Waals surface area (Å²) in [6.45, 7) is 0. The molecular formula is C18H21NO4. The summed E-state index contributed by atoms with van der Waals surface area (Å²) in [5.74, 6) is 2.20. The smallest absolute Gasteiger partial charge is 0.150 e. The van der Waals surface area contributed by atoms with Crippen molar-refractivity contribution in [3.05, 3.63) is 53.6 Å². The van der Waals surface area contributed by atoms with Gasteiger partial charge in [0.25, 0.3) is 0 Å². The number of methoxy groups -OCH3 is 2. The van der Waals surface area contributed by atoms with E-state index in [1.54, 1.807) is 38.5 Å². The third-order valence-electron chi connectivity index (χ3n) is 4.19. The van der Waals surface area contributed by atoms with E-state index in [0.29, 0.717) is 5.75 Å². The van der Waals surface area contributed by atoms with Crippen LogP contribution in [-0.2, 0) is 12.8 Å². The minimum absolute atomic E-state index is 0.0713. The number of rotatable bonds is 5. The minimum atomic E-state index is -0.0713. The van der Waals surface area contributed by atoms with Crippen molar-refractivity contribution in [3.63, 3.8) is 0 Å². The Balaban J connectivity index is 1.65. The van der Waals surface area contributed by atoms with Crippen molar-refractivity contribution in [3.8, 4) is 17.2 Å². The fourth-order valence-electron chi connectivity index (χ4n) is 2.85. The van der Waals surface area contributed by atoms with Gasteiger partial charge in [0.1, 0.15) is 11.5 Å². The molecule has 0 aliphatic heterocycles. The van der Waals surface area contributed by atoms with E-state index < -0.39 is 0 Å². The lowest BCUT2D eigenvalue weighted by Gasteiger charge is -2.29. The highest BCUT2D eigenvalue weighted by Gasteiger charge is 2.25. The molecule has 1 atom stereocenters. The highest BCUT2D eigenvalue weighted by atomic mass is 16.9. The van der Waals surface area contributed by atoms with E-state index in [-0.39, 0.29) is 6.04 Å². The van der Waals surface area contributed by atoms with E-state index in [1.807, 2.05) is 6.07 Å². The number of ether oxygens (including phenoxy) is 2. The lowest BCUT2D eigenvalue weighted by molar-refractivity contribution is -0.308. The average Bonchev–Trinajstić information content (AvgIpc) is 2.61. The fraction of sp³-hybridized carbons (Fsp3) is 0.333. The zero-order valence-corrected chi connectivity index (χ0v) is 13.4. The molecule has 2 aromatic carbocycles. The van der Waals surface area contributed by atoms with E-state index in [0.717, 1.165) is 36.0 Å². The summed E-state index contributed by atoms with van der Waals surface area (Å²) in [4.78, 5) is 5.52. The molecule has 23 heavy (non-hydrogen) atoms. The molecule has 0 amide bonds. The lowest BCUT2D eigenvalue weighted by Crippen LogP contribution is -2.39. The van der Waals surface area contributed by atoms with Crippen molar-refractivity contribution >= 4 is 0 Å². The molecule has 0 bridgehead atoms. The monoisotopic (exact) mass is 315 g/mol. The van der Waals surface area contributed by atoms with E-state index >= 15 is 0 Å². The molecule has 5 nitrogen and oxygen atoms in total. The summed E-state index contributed by atoms with van der Waals surface area (Å²) >= 11 is 0. The van der Waals surface area contributed by atoms with Gasteiger partial charge in [-0.1, -0.05) is 6.07 Å². The van der Waals surface area contributed by atoms with Crippen molar-refractivity contribution in [1.29, 1.82) is 0 Å². The molecule has 1 unspecified atom stereocenters. The quantitative estimate of drug-likeness (QED) is 0.858. The van der Waals surface area contributed by atoms with Gasteiger partial charge in [-0.3, -0.25) is 5.21 Å². The van der Waals surface area contributed by atoms with Crippen LogP contribution in [0.25, 0.3) is 0 Å². The molecule has 3 rings (SSSR count). The molecule has 0 saturated heterocycles. The Morgan fingerprint density at radius 2 is 1.57 bits per heavy atom. The normalized spacial score (nSPS) is 16.8. The van der Waals surface area contributed by atoms with Crippen LogP contribution in [0.1, 0.15) is 17.5 Å². The van der Waals surface area contributed by atoms with Crippen LogP contribution >= 0.6 is 0 Å². The first-order valence-electron chi connectivity index (χ1n) is 7.65. The van der Waals surface area contributed by atoms with Gasteiger partial charge in [0.2, 0.25) is 0 Å². The average molecular weight is 315 g/mol. The summed E-state index contributed by atoms with van der Waals surface area (Å²) in [7, 11) is 3.29. The van der Waals surface area contributed by atoms with Crippen LogP contribution in [-0.4, -0.2) is 30.7 Å². The van der Waals surface area contributed by atoms with Crippen molar-refractivity contribution in [2.75, 3.05) is 14.2 Å². The molecular weight excluding hydrogens is 294 g/mol. The Labute approximate surface area is 135 Å². The predicted molar refractivity (Wildman–Crippen MR) is 86.1 cm³/mol. The summed E-state index contributed by atoms with van der Waals surface area (Å²) in [6, 6.07) is 13.1. The molecule has 0 spiro atoms. The number of aryl methyl sites for hydroxylation is 1. The van der Waals surface area contributed by atoms with Crippen LogP contribution < -0.4 is 14.3 Å². The molecule has 122 valence electrons. The van der Waals surface area contributed by atoms with Crippen LogP contribution in [0, 0.1) is 0 Å². The third kappa shape index (κ3) is 3.57. The summed E-state index contributed by atoms with van der Waals surface area (Å²) in [5.41, 5.74) is 2.50. The van der Waals surface area contributed by atoms with Crippen LogP contribution in [0.5, 0.6) is 17.2 Å². The lowest BCUT2D eigenvalue weighted by atomic mass is 9.88. The number of fused-ring (bicyclic) bond motifs is 1. The molecule has 0 radical (unpaired) electrons. The van der Waals surface area contributed by atoms with Crippen molar-refractivity contribution in [2.24, 2.45) is 0 Å². The van der Waals surface area contributed by atoms with E-state index in [4.69, 9.17) is 14.3 Å². The van der Waals surface area contributed by atoms with E-state index in [1.165, 1.54) is 11.1 Å². The zero-order valence-electron chi connectivity index (χ0n) is 13.4. The van der Waals surface area contributed by atoms with Crippen LogP contribution in [0.3, 0.4) is 0 Å². The first-order valence-corrected chi connectivity index (χ1v) is 7.65. The maximum absolute atomic E-state index is 10.2. The Morgan fingerprint density at radius 1 is 0.913 bits per heavy atom. The molecule has 0 saturated carbocycles. The van der Waals surface area contributed by atoms with Crippen LogP contribution in [0.15, 0.2) is 42.5 Å². The van der Waals surface area contributed by atoms with Gasteiger partial charge in [0.15, 0.2) is 5.75 Å². The Hall–Kier alpha value is -2.24. The Kier molecular flexibility index (Phi) is 4.69. The first-order chi connectivity index (χ1) is 11.2. The highest BCUT2D eigenvalue weighted by Crippen LogP contribution is 2.28. The topological polar surface area (TPSA) is 51.2 Å². The molecule has 0 fully saturated rings. The predicted octanol–water partition coefficient (Wildman–Crippen LogP) is 3.25. The van der Waals surface area contributed by atoms with Gasteiger partial charge >= 0.3 is 0 Å². The van der Waals surface area contributed by atoms with E-state index in [9.17, 15) is 5.21 Å². The standard InChI is InChI=1S/C18H21NO4/c1-21-16-7-9-17(10-8-16)23-19(20)15-5-3-14-12-18(22-2)6-4-13(14)11-15/h4,6-10,12,15,20H,3,5,11H2,1-2H3. The number of hydrogen-bond acceptors (Lipinski definition) is 5. The van der Waals surface area contributed by atoms with Crippen LogP contribution in [0.4, 0.5) is 0 Å². The first kappa shape index (κ1) is 15.6. The zero-order chi connectivity index (χ0) is 16.2. The number of nitrogens with zero attached hydrogens (tertiary/aromatic N) is 1. The van der Waals surface area contributed by atoms with Gasteiger partial charge < -0.3 is 14.3 Å². The largest absolute Gasteiger partial charge is 0.497 e. The summed E-state index contributed by atoms with van der Waals surface area (Å²) < 4.78 is 10.4. The van der Waals surface area contributed by atoms with Gasteiger partial charge in [-0.05, 0) is 72.0 Å². The maximum atomic E-state index is 10.2. The molecule has 1 aliphatic carbocycles. The highest BCUT2D eigenvalue weighted by molar-refractivity contribution is 5.38. The fourth-order valence-corrected chi connectivity index (χ4v) is 2.85. The molecule has 5 heteroatoms. The number of hydrogen-bond donors (Lipinski definition) is 1. The van der Waals surface area contributed by atoms with Gasteiger partial charge in [-0.25, -0.2) is 0 Å². The summed E-state index contributed by atoms with van der Waals surface area (Å²) in [6.07, 6.45) is 2.46. The Bertz CT molecular complexity index is 657. The van der Waals surface area contributed by atoms with Crippen molar-refractivity contribution < 1.29 is 19.5 Å². The third-order valence-corrected chi connectivity index (χ3v) is 4.19. The van der Waals surface area contributed by atoms with Gasteiger partial charge in [-0.15, -0.1) is 0 Å². The Morgan fingerprint density at radius 3 is 2.26 bits per heavy atom. The molecule has 1 aliphatic rings. The molecule has 1 N–H and O–H groups in total. The second kappa shape index (κ2) is 6.89. The van der Waals surface area contributed by atoms with Gasteiger partial charge in [-0.2, -0.15) is 0 Å². The summed E-state index contributed by atoms with van der Waals surface area (Å²) in [5, 5.41) is 11.2. The minimum Gasteiger partial charge on any atom is -0.497 e. The van der Waals surface area contributed by atoms with Crippen molar-refractivity contribution in [2.45, 2.75) is 25.3 Å². The molecule has 2 aromatic rings. The maximum Gasteiger partial charge on any atom is 0.150 e. The van der Waals surface area contributed by atoms with Gasteiger partial charge in [0, 0.05) is 0 Å². The number of benzene rings is 2. The van der Waals surface area contributed by atoms with Crippen molar-refractivity contribution in [1.82, 2.24) is 5.23 Å². The molecule has 0 heterocycles. The SMILES string of the molecule is COc1ccc(ON(O)C2CCc3cc(OC)ccc3C2)cc1. The second-order valence-corrected chi connectivity index (χ2v) is 5.60. The van der Waals surface area contributed by atoms with E-state index in [2.05, 4.69) is 12.1 Å². The van der Waals surface area contributed by atoms with Gasteiger partial charge in [0.05, 0.1) is 20.3 Å². The number of hydroxylamine groups is 2. The molecule has 0 aromatic heterocycles. The second-order valence-electron chi connectivity index (χ2n) is 5.60. The van der Waals surface area contributed by atoms with Crippen LogP contribution in [0.2, 0.25) is 0 Å².